The van der Waals surface area contributed by atoms with Crippen molar-refractivity contribution >= 4 is 22.7 Å². The molecular formula is C24H25NO4. The number of carbonyl (C=O) groups excluding carboxylic acids is 2. The van der Waals surface area contributed by atoms with Crippen molar-refractivity contribution in [2.45, 2.75) is 27.2 Å². The number of ketones is 1. The third-order valence-corrected chi connectivity index (χ3v) is 4.43. The molecule has 0 saturated heterocycles. The Labute approximate surface area is 170 Å². The molecular weight excluding hydrogens is 366 g/mol. The molecule has 0 N–H and O–H groups in total. The molecule has 0 amide bonds. The Hall–Kier alpha value is -3.21. The van der Waals surface area contributed by atoms with Gasteiger partial charge in [0, 0.05) is 16.6 Å². The molecule has 0 aliphatic heterocycles. The van der Waals surface area contributed by atoms with Crippen LogP contribution in [0.4, 0.5) is 0 Å². The molecule has 3 rings (SSSR count). The summed E-state index contributed by atoms with van der Waals surface area (Å²) in [5.41, 5.74) is 2.49. The van der Waals surface area contributed by atoms with Crippen molar-refractivity contribution in [2.24, 2.45) is 5.92 Å². The smallest absolute Gasteiger partial charge is 0.339 e. The first-order valence-corrected chi connectivity index (χ1v) is 9.79. The summed E-state index contributed by atoms with van der Waals surface area (Å²) in [6, 6.07) is 16.0. The highest BCUT2D eigenvalue weighted by Gasteiger charge is 2.17. The maximum absolute atomic E-state index is 12.7. The van der Waals surface area contributed by atoms with Gasteiger partial charge in [0.25, 0.3) is 0 Å². The standard InChI is InChI=1S/C24H25NO4/c1-4-28-19-11-9-17(10-12-19)23(26)15-29-24(27)21-14-18(13-16(2)3)25-22-8-6-5-7-20(21)22/h5-12,14,16H,4,13,15H2,1-3H3. The van der Waals surface area contributed by atoms with Gasteiger partial charge in [-0.05, 0) is 55.7 Å². The van der Waals surface area contributed by atoms with Gasteiger partial charge in [-0.25, -0.2) is 4.79 Å². The summed E-state index contributed by atoms with van der Waals surface area (Å²) in [7, 11) is 0. The van der Waals surface area contributed by atoms with Crippen LogP contribution in [-0.4, -0.2) is 30.0 Å². The van der Waals surface area contributed by atoms with Crippen molar-refractivity contribution < 1.29 is 19.1 Å². The van der Waals surface area contributed by atoms with Crippen LogP contribution in [0.1, 0.15) is 47.2 Å². The minimum Gasteiger partial charge on any atom is -0.494 e. The molecule has 0 unspecified atom stereocenters. The van der Waals surface area contributed by atoms with Crippen molar-refractivity contribution in [1.82, 2.24) is 4.98 Å². The van der Waals surface area contributed by atoms with Gasteiger partial charge in [-0.1, -0.05) is 32.0 Å². The van der Waals surface area contributed by atoms with Crippen LogP contribution in [0.5, 0.6) is 5.75 Å². The van der Waals surface area contributed by atoms with Gasteiger partial charge in [-0.15, -0.1) is 0 Å². The number of carbonyl (C=O) groups is 2. The van der Waals surface area contributed by atoms with E-state index in [1.165, 1.54) is 0 Å². The molecule has 0 aliphatic carbocycles. The van der Waals surface area contributed by atoms with Gasteiger partial charge in [0.1, 0.15) is 5.75 Å². The number of Topliss-reactive ketones (excluding diaryl/α,β-unsaturated/α-hetero) is 1. The summed E-state index contributed by atoms with van der Waals surface area (Å²) < 4.78 is 10.7. The summed E-state index contributed by atoms with van der Waals surface area (Å²) in [6.07, 6.45) is 0.760. The number of aromatic nitrogens is 1. The molecule has 0 radical (unpaired) electrons. The molecule has 29 heavy (non-hydrogen) atoms. The van der Waals surface area contributed by atoms with Crippen molar-refractivity contribution in [3.63, 3.8) is 0 Å². The van der Waals surface area contributed by atoms with E-state index in [4.69, 9.17) is 9.47 Å². The molecule has 0 saturated carbocycles. The second kappa shape index (κ2) is 9.32. The van der Waals surface area contributed by atoms with E-state index >= 15 is 0 Å². The molecule has 1 heterocycles. The lowest BCUT2D eigenvalue weighted by Crippen LogP contribution is -2.15. The SMILES string of the molecule is CCOc1ccc(C(=O)COC(=O)c2cc(CC(C)C)nc3ccccc23)cc1. The highest BCUT2D eigenvalue weighted by Crippen LogP contribution is 2.21. The van der Waals surface area contributed by atoms with E-state index in [0.717, 1.165) is 23.0 Å². The number of esters is 1. The van der Waals surface area contributed by atoms with E-state index in [-0.39, 0.29) is 12.4 Å². The summed E-state index contributed by atoms with van der Waals surface area (Å²) in [6.45, 7) is 6.34. The maximum atomic E-state index is 12.7. The Morgan fingerprint density at radius 2 is 1.76 bits per heavy atom. The Bertz CT molecular complexity index is 1010. The fourth-order valence-electron chi connectivity index (χ4n) is 3.12. The second-order valence-electron chi connectivity index (χ2n) is 7.23. The van der Waals surface area contributed by atoms with Gasteiger partial charge in [-0.2, -0.15) is 0 Å². The van der Waals surface area contributed by atoms with E-state index in [1.54, 1.807) is 30.3 Å². The fourth-order valence-corrected chi connectivity index (χ4v) is 3.12. The molecule has 2 aromatic carbocycles. The van der Waals surface area contributed by atoms with Gasteiger partial charge >= 0.3 is 5.97 Å². The first kappa shape index (κ1) is 20.5. The second-order valence-corrected chi connectivity index (χ2v) is 7.23. The number of rotatable bonds is 8. The average Bonchev–Trinajstić information content (AvgIpc) is 2.71. The third-order valence-electron chi connectivity index (χ3n) is 4.43. The predicted molar refractivity (Wildman–Crippen MR) is 113 cm³/mol. The number of pyridine rings is 1. The molecule has 0 aliphatic rings. The Kier molecular flexibility index (Phi) is 6.60. The number of benzene rings is 2. The molecule has 5 heteroatoms. The predicted octanol–water partition coefficient (Wildman–Crippen LogP) is 4.87. The zero-order chi connectivity index (χ0) is 20.8. The van der Waals surface area contributed by atoms with Crippen molar-refractivity contribution in [3.8, 4) is 5.75 Å². The van der Waals surface area contributed by atoms with Crippen LogP contribution < -0.4 is 4.74 Å². The summed E-state index contributed by atoms with van der Waals surface area (Å²) in [5.74, 6) is 0.325. The average molecular weight is 391 g/mol. The zero-order valence-electron chi connectivity index (χ0n) is 17.0. The third kappa shape index (κ3) is 5.19. The summed E-state index contributed by atoms with van der Waals surface area (Å²) in [4.78, 5) is 29.8. The molecule has 0 spiro atoms. The molecule has 3 aromatic rings. The van der Waals surface area contributed by atoms with Crippen molar-refractivity contribution in [3.05, 3.63) is 71.4 Å². The van der Waals surface area contributed by atoms with Gasteiger partial charge in [0.15, 0.2) is 12.4 Å². The molecule has 0 bridgehead atoms. The van der Waals surface area contributed by atoms with E-state index in [1.807, 2.05) is 31.2 Å². The van der Waals surface area contributed by atoms with Crippen LogP contribution in [0.3, 0.4) is 0 Å². The highest BCUT2D eigenvalue weighted by molar-refractivity contribution is 6.05. The lowest BCUT2D eigenvalue weighted by Gasteiger charge is -2.11. The van der Waals surface area contributed by atoms with E-state index in [2.05, 4.69) is 18.8 Å². The first-order valence-electron chi connectivity index (χ1n) is 9.79. The van der Waals surface area contributed by atoms with E-state index in [9.17, 15) is 9.59 Å². The highest BCUT2D eigenvalue weighted by atomic mass is 16.5. The first-order chi connectivity index (χ1) is 14.0. The molecule has 0 atom stereocenters. The van der Waals surface area contributed by atoms with Crippen LogP contribution in [0.15, 0.2) is 54.6 Å². The van der Waals surface area contributed by atoms with Gasteiger partial charge in [-0.3, -0.25) is 9.78 Å². The number of ether oxygens (including phenoxy) is 2. The topological polar surface area (TPSA) is 65.5 Å². The van der Waals surface area contributed by atoms with Gasteiger partial charge < -0.3 is 9.47 Å². The quantitative estimate of drug-likeness (QED) is 0.405. The minimum absolute atomic E-state index is 0.262. The van der Waals surface area contributed by atoms with Gasteiger partial charge in [0.05, 0.1) is 17.7 Å². The summed E-state index contributed by atoms with van der Waals surface area (Å²) in [5, 5.41) is 0.721. The molecule has 0 fully saturated rings. The Morgan fingerprint density at radius 3 is 2.45 bits per heavy atom. The van der Waals surface area contributed by atoms with E-state index < -0.39 is 5.97 Å². The van der Waals surface area contributed by atoms with E-state index in [0.29, 0.717) is 29.4 Å². The van der Waals surface area contributed by atoms with Crippen LogP contribution >= 0.6 is 0 Å². The molecule has 1 aromatic heterocycles. The number of fused-ring (bicyclic) bond motifs is 1. The van der Waals surface area contributed by atoms with Crippen LogP contribution in [0, 0.1) is 5.92 Å². The van der Waals surface area contributed by atoms with Crippen molar-refractivity contribution in [2.75, 3.05) is 13.2 Å². The number of hydrogen-bond donors (Lipinski definition) is 0. The monoisotopic (exact) mass is 391 g/mol. The maximum Gasteiger partial charge on any atom is 0.339 e. The van der Waals surface area contributed by atoms with Crippen molar-refractivity contribution in [1.29, 1.82) is 0 Å². The number of nitrogens with zero attached hydrogens (tertiary/aromatic N) is 1. The van der Waals surface area contributed by atoms with Crippen LogP contribution in [0.2, 0.25) is 0 Å². The molecule has 150 valence electrons. The Balaban J connectivity index is 1.76. The summed E-state index contributed by atoms with van der Waals surface area (Å²) >= 11 is 0. The Morgan fingerprint density at radius 1 is 1.03 bits per heavy atom. The lowest BCUT2D eigenvalue weighted by molar-refractivity contribution is 0.0476. The minimum atomic E-state index is -0.520. The van der Waals surface area contributed by atoms with Crippen LogP contribution in [0.25, 0.3) is 10.9 Å². The number of hydrogen-bond acceptors (Lipinski definition) is 5. The number of para-hydroxylation sites is 1. The lowest BCUT2D eigenvalue weighted by atomic mass is 10.0. The fraction of sp³-hybridized carbons (Fsp3) is 0.292. The zero-order valence-corrected chi connectivity index (χ0v) is 17.0. The van der Waals surface area contributed by atoms with Crippen LogP contribution in [-0.2, 0) is 11.2 Å². The van der Waals surface area contributed by atoms with Gasteiger partial charge in [0.2, 0.25) is 0 Å². The normalized spacial score (nSPS) is 10.9. The molecule has 5 nitrogen and oxygen atoms in total. The largest absolute Gasteiger partial charge is 0.494 e.